The topological polar surface area (TPSA) is 93.1 Å². The highest BCUT2D eigenvalue weighted by atomic mass is 32.2. The molecule has 1 fully saturated rings. The summed E-state index contributed by atoms with van der Waals surface area (Å²) in [4.78, 5) is 34.1. The van der Waals surface area contributed by atoms with Crippen LogP contribution in [0.25, 0.3) is 16.7 Å². The van der Waals surface area contributed by atoms with Gasteiger partial charge < -0.3 is 14.6 Å². The second-order valence-corrected chi connectivity index (χ2v) is 8.18. The van der Waals surface area contributed by atoms with Crippen LogP contribution in [-0.4, -0.2) is 56.5 Å². The Labute approximate surface area is 172 Å². The standard InChI is InChI=1S/C20H23N5O3S/c1-13-7-9-24(10-8-13)17(26)12-29-20-22-18-16(19(27)23-20)11-21-25(18)14-3-5-15(28-2)6-4-14/h3-6,11,13H,7-10,12H2,1-2H3,(H,22,23,27). The molecule has 3 aromatic rings. The molecule has 1 aliphatic heterocycles. The lowest BCUT2D eigenvalue weighted by atomic mass is 9.99. The molecule has 0 saturated carbocycles. The Morgan fingerprint density at radius 2 is 2.00 bits per heavy atom. The largest absolute Gasteiger partial charge is 0.497 e. The third-order valence-electron chi connectivity index (χ3n) is 5.20. The predicted molar refractivity (Wildman–Crippen MR) is 112 cm³/mol. The number of carbonyl (C=O) groups is 1. The van der Waals surface area contributed by atoms with Crippen LogP contribution in [0, 0.1) is 5.92 Å². The summed E-state index contributed by atoms with van der Waals surface area (Å²) in [6.07, 6.45) is 3.58. The van der Waals surface area contributed by atoms with Gasteiger partial charge in [0.25, 0.3) is 5.56 Å². The number of nitrogens with zero attached hydrogens (tertiary/aromatic N) is 4. The van der Waals surface area contributed by atoms with Crippen LogP contribution in [-0.2, 0) is 4.79 Å². The Morgan fingerprint density at radius 3 is 2.69 bits per heavy atom. The van der Waals surface area contributed by atoms with Crippen molar-refractivity contribution < 1.29 is 9.53 Å². The van der Waals surface area contributed by atoms with Crippen molar-refractivity contribution in [1.29, 1.82) is 0 Å². The Hall–Kier alpha value is -2.81. The number of H-pyrrole nitrogens is 1. The fraction of sp³-hybridized carbons (Fsp3) is 0.400. The first kappa shape index (κ1) is 19.5. The summed E-state index contributed by atoms with van der Waals surface area (Å²) in [6, 6.07) is 7.34. The van der Waals surface area contributed by atoms with Gasteiger partial charge in [-0.2, -0.15) is 5.10 Å². The zero-order valence-corrected chi connectivity index (χ0v) is 17.2. The summed E-state index contributed by atoms with van der Waals surface area (Å²) in [7, 11) is 1.61. The SMILES string of the molecule is COc1ccc(-n2ncc3c(=O)[nH]c(SCC(=O)N4CCC(C)CC4)nc32)cc1. The average Bonchev–Trinajstić information content (AvgIpc) is 3.17. The normalized spacial score (nSPS) is 15.0. The van der Waals surface area contributed by atoms with E-state index in [1.807, 2.05) is 29.2 Å². The maximum Gasteiger partial charge on any atom is 0.262 e. The van der Waals surface area contributed by atoms with Gasteiger partial charge in [0.2, 0.25) is 5.91 Å². The molecular weight excluding hydrogens is 390 g/mol. The molecule has 0 spiro atoms. The molecule has 152 valence electrons. The summed E-state index contributed by atoms with van der Waals surface area (Å²) in [6.45, 7) is 3.81. The Kier molecular flexibility index (Phi) is 5.57. The summed E-state index contributed by atoms with van der Waals surface area (Å²) in [5.41, 5.74) is 0.963. The molecule has 1 amide bonds. The van der Waals surface area contributed by atoms with E-state index in [0.29, 0.717) is 22.1 Å². The van der Waals surface area contributed by atoms with Crippen molar-refractivity contribution in [3.8, 4) is 11.4 Å². The van der Waals surface area contributed by atoms with Gasteiger partial charge in [-0.1, -0.05) is 18.7 Å². The van der Waals surface area contributed by atoms with Crippen LogP contribution < -0.4 is 10.3 Å². The second kappa shape index (κ2) is 8.28. The summed E-state index contributed by atoms with van der Waals surface area (Å²) >= 11 is 1.25. The number of nitrogens with one attached hydrogen (secondary N) is 1. The molecule has 29 heavy (non-hydrogen) atoms. The van der Waals surface area contributed by atoms with Gasteiger partial charge in [-0.05, 0) is 43.0 Å². The second-order valence-electron chi connectivity index (χ2n) is 7.21. The van der Waals surface area contributed by atoms with E-state index in [4.69, 9.17) is 4.74 Å². The van der Waals surface area contributed by atoms with Gasteiger partial charge in [-0.15, -0.1) is 0 Å². The number of rotatable bonds is 5. The van der Waals surface area contributed by atoms with Crippen molar-refractivity contribution in [1.82, 2.24) is 24.6 Å². The minimum atomic E-state index is -0.267. The quantitative estimate of drug-likeness (QED) is 0.510. The zero-order valence-electron chi connectivity index (χ0n) is 16.4. The number of thioether (sulfide) groups is 1. The Balaban J connectivity index is 1.54. The molecule has 0 radical (unpaired) electrons. The van der Waals surface area contributed by atoms with Crippen LogP contribution >= 0.6 is 11.8 Å². The van der Waals surface area contributed by atoms with E-state index < -0.39 is 0 Å². The lowest BCUT2D eigenvalue weighted by molar-refractivity contribution is -0.129. The van der Waals surface area contributed by atoms with Crippen LogP contribution in [0.5, 0.6) is 5.75 Å². The molecule has 1 N–H and O–H groups in total. The molecule has 3 heterocycles. The van der Waals surface area contributed by atoms with Crippen molar-refractivity contribution >= 4 is 28.7 Å². The van der Waals surface area contributed by atoms with Gasteiger partial charge in [-0.3, -0.25) is 9.59 Å². The highest BCUT2D eigenvalue weighted by Gasteiger charge is 2.21. The molecule has 1 saturated heterocycles. The minimum absolute atomic E-state index is 0.0771. The fourth-order valence-corrected chi connectivity index (χ4v) is 4.12. The van der Waals surface area contributed by atoms with Gasteiger partial charge in [0.15, 0.2) is 10.8 Å². The first-order valence-electron chi connectivity index (χ1n) is 9.58. The van der Waals surface area contributed by atoms with Crippen LogP contribution in [0.4, 0.5) is 0 Å². The van der Waals surface area contributed by atoms with Gasteiger partial charge in [0.1, 0.15) is 11.1 Å². The molecule has 1 aliphatic rings. The number of methoxy groups -OCH3 is 1. The van der Waals surface area contributed by atoms with Gasteiger partial charge >= 0.3 is 0 Å². The van der Waals surface area contributed by atoms with E-state index in [-0.39, 0.29) is 17.2 Å². The van der Waals surface area contributed by atoms with Gasteiger partial charge in [-0.25, -0.2) is 9.67 Å². The number of likely N-dealkylation sites (tertiary alicyclic amines) is 1. The highest BCUT2D eigenvalue weighted by Crippen LogP contribution is 2.21. The van der Waals surface area contributed by atoms with E-state index in [1.165, 1.54) is 18.0 Å². The predicted octanol–water partition coefficient (Wildman–Crippen LogP) is 2.47. The molecule has 0 atom stereocenters. The summed E-state index contributed by atoms with van der Waals surface area (Å²) < 4.78 is 6.80. The number of hydrogen-bond acceptors (Lipinski definition) is 6. The number of amides is 1. The first-order chi connectivity index (χ1) is 14.0. The summed E-state index contributed by atoms with van der Waals surface area (Å²) in [5.74, 6) is 1.73. The zero-order chi connectivity index (χ0) is 20.4. The van der Waals surface area contributed by atoms with Gasteiger partial charge in [0.05, 0.1) is 24.7 Å². The maximum atomic E-state index is 12.5. The molecule has 1 aromatic carbocycles. The molecule has 2 aromatic heterocycles. The van der Waals surface area contributed by atoms with E-state index in [2.05, 4.69) is 22.0 Å². The fourth-order valence-electron chi connectivity index (χ4n) is 3.36. The van der Waals surface area contributed by atoms with E-state index >= 15 is 0 Å². The van der Waals surface area contributed by atoms with Crippen molar-refractivity contribution in [2.75, 3.05) is 26.0 Å². The van der Waals surface area contributed by atoms with Crippen molar-refractivity contribution in [2.45, 2.75) is 24.9 Å². The molecule has 0 bridgehead atoms. The van der Waals surface area contributed by atoms with Crippen molar-refractivity contribution in [2.24, 2.45) is 5.92 Å². The number of aromatic amines is 1. The molecule has 0 unspecified atom stereocenters. The van der Waals surface area contributed by atoms with E-state index in [9.17, 15) is 9.59 Å². The number of fused-ring (bicyclic) bond motifs is 1. The van der Waals surface area contributed by atoms with Crippen LogP contribution in [0.3, 0.4) is 0 Å². The third kappa shape index (κ3) is 4.14. The van der Waals surface area contributed by atoms with Crippen LogP contribution in [0.1, 0.15) is 19.8 Å². The van der Waals surface area contributed by atoms with Crippen molar-refractivity contribution in [3.63, 3.8) is 0 Å². The maximum absolute atomic E-state index is 12.5. The first-order valence-corrected chi connectivity index (χ1v) is 10.6. The average molecular weight is 414 g/mol. The smallest absolute Gasteiger partial charge is 0.262 e. The number of hydrogen-bond donors (Lipinski definition) is 1. The summed E-state index contributed by atoms with van der Waals surface area (Å²) in [5, 5.41) is 5.13. The third-order valence-corrected chi connectivity index (χ3v) is 6.06. The Morgan fingerprint density at radius 1 is 1.28 bits per heavy atom. The number of benzene rings is 1. The lowest BCUT2D eigenvalue weighted by Crippen LogP contribution is -2.38. The monoisotopic (exact) mass is 413 g/mol. The number of ether oxygens (including phenoxy) is 1. The number of carbonyl (C=O) groups excluding carboxylic acids is 1. The molecule has 8 nitrogen and oxygen atoms in total. The number of aromatic nitrogens is 4. The molecular formula is C20H23N5O3S. The molecule has 0 aliphatic carbocycles. The van der Waals surface area contributed by atoms with Gasteiger partial charge in [0, 0.05) is 13.1 Å². The van der Waals surface area contributed by atoms with E-state index in [0.717, 1.165) is 37.4 Å². The Bertz CT molecular complexity index is 1070. The number of piperidine rings is 1. The molecule has 9 heteroatoms. The highest BCUT2D eigenvalue weighted by molar-refractivity contribution is 7.99. The van der Waals surface area contributed by atoms with Crippen LogP contribution in [0.2, 0.25) is 0 Å². The van der Waals surface area contributed by atoms with E-state index in [1.54, 1.807) is 11.8 Å². The lowest BCUT2D eigenvalue weighted by Gasteiger charge is -2.30. The van der Waals surface area contributed by atoms with Crippen molar-refractivity contribution in [3.05, 3.63) is 40.8 Å². The molecule has 4 rings (SSSR count). The van der Waals surface area contributed by atoms with Crippen LogP contribution in [0.15, 0.2) is 40.4 Å². The minimum Gasteiger partial charge on any atom is -0.497 e.